The molecule has 6 heterocycles. The fraction of sp³-hybridized carbons (Fsp3) is 0.500. The van der Waals surface area contributed by atoms with Crippen molar-refractivity contribution in [2.45, 2.75) is 24.8 Å². The predicted octanol–water partition coefficient (Wildman–Crippen LogP) is 1.08. The summed E-state index contributed by atoms with van der Waals surface area (Å²) in [7, 11) is 0. The van der Waals surface area contributed by atoms with Gasteiger partial charge in [0.05, 0.1) is 24.6 Å². The molecule has 0 saturated carbocycles. The monoisotopic (exact) mass is 338 g/mol. The Hall–Kier alpha value is -2.09. The third-order valence-corrected chi connectivity index (χ3v) is 5.81. The standard InChI is InChI=1S/C18H22N6O/c19-17-24(12-18(25-17)11-23-6-3-14(18)4-7-23)16-10-21-15(9-22-16)13-2-1-5-20-8-13/h1-2,5,8-10,14,17H,3-4,6-7,11-12,19H2. The molecule has 4 fully saturated rings. The molecule has 2 unspecified atom stereocenters. The SMILES string of the molecule is NC1OC2(CN3CCC2CC3)CN1c1cnc(-c2cccnc2)cn1. The van der Waals surface area contributed by atoms with Gasteiger partial charge in [-0.3, -0.25) is 15.7 Å². The van der Waals surface area contributed by atoms with Gasteiger partial charge in [0.15, 0.2) is 6.35 Å². The van der Waals surface area contributed by atoms with Crippen molar-refractivity contribution in [2.24, 2.45) is 11.7 Å². The fourth-order valence-electron chi connectivity index (χ4n) is 4.50. The van der Waals surface area contributed by atoms with Crippen molar-refractivity contribution in [3.63, 3.8) is 0 Å². The topological polar surface area (TPSA) is 80.4 Å². The van der Waals surface area contributed by atoms with Crippen LogP contribution in [0.3, 0.4) is 0 Å². The Bertz CT molecular complexity index is 746. The van der Waals surface area contributed by atoms with Crippen molar-refractivity contribution in [1.29, 1.82) is 0 Å². The lowest BCUT2D eigenvalue weighted by molar-refractivity contribution is -0.137. The first-order valence-corrected chi connectivity index (χ1v) is 8.88. The van der Waals surface area contributed by atoms with E-state index < -0.39 is 6.35 Å². The van der Waals surface area contributed by atoms with E-state index in [1.807, 2.05) is 17.0 Å². The molecule has 6 rings (SSSR count). The first kappa shape index (κ1) is 15.2. The van der Waals surface area contributed by atoms with Gasteiger partial charge >= 0.3 is 0 Å². The number of pyridine rings is 1. The average Bonchev–Trinajstić information content (AvgIpc) is 2.99. The molecular formula is C18H22N6O. The maximum atomic E-state index is 6.30. The van der Waals surface area contributed by atoms with Gasteiger partial charge in [0.25, 0.3) is 0 Å². The highest BCUT2D eigenvalue weighted by molar-refractivity contribution is 5.57. The summed E-state index contributed by atoms with van der Waals surface area (Å²) < 4.78 is 6.29. The van der Waals surface area contributed by atoms with Gasteiger partial charge in [-0.15, -0.1) is 0 Å². The van der Waals surface area contributed by atoms with Crippen molar-refractivity contribution >= 4 is 5.82 Å². The molecule has 2 aromatic heterocycles. The van der Waals surface area contributed by atoms with Gasteiger partial charge in [-0.1, -0.05) is 0 Å². The normalized spacial score (nSPS) is 34.0. The second-order valence-corrected chi connectivity index (χ2v) is 7.25. The molecule has 2 bridgehead atoms. The molecule has 7 heteroatoms. The van der Waals surface area contributed by atoms with Crippen LogP contribution in [-0.4, -0.2) is 58.0 Å². The molecule has 130 valence electrons. The molecule has 2 aromatic rings. The lowest BCUT2D eigenvalue weighted by Crippen LogP contribution is -2.61. The van der Waals surface area contributed by atoms with E-state index in [0.29, 0.717) is 5.92 Å². The van der Waals surface area contributed by atoms with Crippen molar-refractivity contribution in [2.75, 3.05) is 31.1 Å². The number of nitrogens with two attached hydrogens (primary N) is 1. The maximum absolute atomic E-state index is 6.30. The minimum Gasteiger partial charge on any atom is -0.335 e. The predicted molar refractivity (Wildman–Crippen MR) is 93.6 cm³/mol. The number of anilines is 1. The number of ether oxygens (including phenoxy) is 1. The molecule has 4 aliphatic heterocycles. The van der Waals surface area contributed by atoms with Crippen LogP contribution in [0.5, 0.6) is 0 Å². The Morgan fingerprint density at radius 2 is 2.00 bits per heavy atom. The summed E-state index contributed by atoms with van der Waals surface area (Å²) in [4.78, 5) is 17.8. The summed E-state index contributed by atoms with van der Waals surface area (Å²) in [6.45, 7) is 4.13. The quantitative estimate of drug-likeness (QED) is 0.877. The van der Waals surface area contributed by atoms with Crippen LogP contribution in [0.15, 0.2) is 36.9 Å². The van der Waals surface area contributed by atoms with E-state index in [1.165, 1.54) is 25.9 Å². The molecule has 1 spiro atoms. The summed E-state index contributed by atoms with van der Waals surface area (Å²) in [6.07, 6.45) is 9.04. The molecule has 0 aliphatic carbocycles. The first-order valence-electron chi connectivity index (χ1n) is 8.88. The van der Waals surface area contributed by atoms with Crippen LogP contribution >= 0.6 is 0 Å². The summed E-state index contributed by atoms with van der Waals surface area (Å²) in [6, 6.07) is 3.87. The van der Waals surface area contributed by atoms with Crippen LogP contribution < -0.4 is 10.6 Å². The van der Waals surface area contributed by atoms with Crippen LogP contribution in [0.1, 0.15) is 12.8 Å². The number of aromatic nitrogens is 3. The lowest BCUT2D eigenvalue weighted by Gasteiger charge is -2.50. The van der Waals surface area contributed by atoms with Crippen LogP contribution in [0.4, 0.5) is 5.82 Å². The van der Waals surface area contributed by atoms with E-state index in [9.17, 15) is 0 Å². The van der Waals surface area contributed by atoms with Gasteiger partial charge in [0, 0.05) is 24.5 Å². The summed E-state index contributed by atoms with van der Waals surface area (Å²) in [5.41, 5.74) is 7.92. The van der Waals surface area contributed by atoms with E-state index in [1.54, 1.807) is 24.8 Å². The zero-order valence-corrected chi connectivity index (χ0v) is 14.1. The highest BCUT2D eigenvalue weighted by atomic mass is 16.6. The van der Waals surface area contributed by atoms with Gasteiger partial charge in [0.2, 0.25) is 0 Å². The minimum absolute atomic E-state index is 0.153. The van der Waals surface area contributed by atoms with Gasteiger partial charge in [0.1, 0.15) is 11.4 Å². The van der Waals surface area contributed by atoms with E-state index >= 15 is 0 Å². The van der Waals surface area contributed by atoms with Gasteiger partial charge in [-0.2, -0.15) is 0 Å². The Morgan fingerprint density at radius 3 is 2.64 bits per heavy atom. The molecule has 0 aromatic carbocycles. The third-order valence-electron chi connectivity index (χ3n) is 5.81. The molecular weight excluding hydrogens is 316 g/mol. The molecule has 2 atom stereocenters. The second-order valence-electron chi connectivity index (χ2n) is 7.25. The molecule has 4 saturated heterocycles. The summed E-state index contributed by atoms with van der Waals surface area (Å²) in [5, 5.41) is 0. The molecule has 2 N–H and O–H groups in total. The number of rotatable bonds is 2. The lowest BCUT2D eigenvalue weighted by atomic mass is 9.75. The average molecular weight is 338 g/mol. The third kappa shape index (κ3) is 2.50. The first-order chi connectivity index (χ1) is 12.2. The van der Waals surface area contributed by atoms with E-state index in [-0.39, 0.29) is 5.60 Å². The fourth-order valence-corrected chi connectivity index (χ4v) is 4.50. The van der Waals surface area contributed by atoms with Crippen LogP contribution in [0, 0.1) is 5.92 Å². The van der Waals surface area contributed by atoms with Crippen molar-refractivity contribution < 1.29 is 4.74 Å². The maximum Gasteiger partial charge on any atom is 0.186 e. The van der Waals surface area contributed by atoms with Gasteiger partial charge in [-0.25, -0.2) is 4.98 Å². The number of hydrogen-bond donors (Lipinski definition) is 1. The number of nitrogens with zero attached hydrogens (tertiary/aromatic N) is 5. The number of piperidine rings is 3. The Labute approximate surface area is 146 Å². The Balaban J connectivity index is 1.39. The van der Waals surface area contributed by atoms with E-state index in [4.69, 9.17) is 10.5 Å². The van der Waals surface area contributed by atoms with E-state index in [2.05, 4.69) is 19.9 Å². The van der Waals surface area contributed by atoms with Crippen molar-refractivity contribution in [1.82, 2.24) is 19.9 Å². The van der Waals surface area contributed by atoms with Crippen molar-refractivity contribution in [3.8, 4) is 11.3 Å². The molecule has 0 radical (unpaired) electrons. The van der Waals surface area contributed by atoms with Gasteiger partial charge in [-0.05, 0) is 44.0 Å². The Kier molecular flexibility index (Phi) is 3.48. The molecule has 7 nitrogen and oxygen atoms in total. The highest BCUT2D eigenvalue weighted by Gasteiger charge is 2.54. The van der Waals surface area contributed by atoms with E-state index in [0.717, 1.165) is 30.2 Å². The smallest absolute Gasteiger partial charge is 0.186 e. The Morgan fingerprint density at radius 1 is 1.12 bits per heavy atom. The molecule has 0 amide bonds. The van der Waals surface area contributed by atoms with Crippen molar-refractivity contribution in [3.05, 3.63) is 36.9 Å². The number of hydrogen-bond acceptors (Lipinski definition) is 7. The molecule has 25 heavy (non-hydrogen) atoms. The van der Waals surface area contributed by atoms with Gasteiger partial charge < -0.3 is 14.5 Å². The second kappa shape index (κ2) is 5.72. The largest absolute Gasteiger partial charge is 0.335 e. The minimum atomic E-state index is -0.459. The number of fused-ring (bicyclic) bond motifs is 2. The summed E-state index contributed by atoms with van der Waals surface area (Å²) in [5.74, 6) is 1.37. The highest BCUT2D eigenvalue weighted by Crippen LogP contribution is 2.43. The van der Waals surface area contributed by atoms with Crippen LogP contribution in [0.2, 0.25) is 0 Å². The van der Waals surface area contributed by atoms with Crippen LogP contribution in [-0.2, 0) is 4.74 Å². The van der Waals surface area contributed by atoms with Crippen LogP contribution in [0.25, 0.3) is 11.3 Å². The molecule has 4 aliphatic rings. The summed E-state index contributed by atoms with van der Waals surface area (Å²) >= 11 is 0. The zero-order valence-electron chi connectivity index (χ0n) is 14.1. The zero-order chi connectivity index (χ0) is 16.9.